The number of rotatable bonds is 4. The molecular weight excluding hydrogens is 336 g/mol. The lowest BCUT2D eigenvalue weighted by Gasteiger charge is -2.18. The molecule has 0 aliphatic heterocycles. The van der Waals surface area contributed by atoms with E-state index in [-0.39, 0.29) is 11.8 Å². The Morgan fingerprint density at radius 1 is 1.24 bits per heavy atom. The third kappa shape index (κ3) is 3.39. The van der Waals surface area contributed by atoms with Gasteiger partial charge in [-0.2, -0.15) is 0 Å². The number of ether oxygens (including phenoxy) is 1. The van der Waals surface area contributed by atoms with Crippen LogP contribution in [0.1, 0.15) is 44.5 Å². The van der Waals surface area contributed by atoms with Gasteiger partial charge in [0.15, 0.2) is 0 Å². The Hall–Kier alpha value is -2.34. The Bertz CT molecular complexity index is 813. The number of anilines is 1. The molecule has 5 nitrogen and oxygen atoms in total. The number of hydrogen-bond acceptors (Lipinski definition) is 4. The summed E-state index contributed by atoms with van der Waals surface area (Å²) in [6.07, 6.45) is 2.89. The molecule has 2 amide bonds. The van der Waals surface area contributed by atoms with Crippen molar-refractivity contribution < 1.29 is 14.3 Å². The Kier molecular flexibility index (Phi) is 5.08. The molecule has 1 heterocycles. The van der Waals surface area contributed by atoms with Crippen LogP contribution in [0, 0.1) is 5.92 Å². The van der Waals surface area contributed by atoms with E-state index in [0.29, 0.717) is 27.8 Å². The van der Waals surface area contributed by atoms with Crippen LogP contribution in [0.4, 0.5) is 5.00 Å². The highest BCUT2D eigenvalue weighted by molar-refractivity contribution is 7.17. The van der Waals surface area contributed by atoms with Crippen molar-refractivity contribution in [2.24, 2.45) is 5.92 Å². The molecule has 1 aromatic carbocycles. The molecule has 1 aliphatic rings. The Morgan fingerprint density at radius 2 is 2.00 bits per heavy atom. The predicted molar refractivity (Wildman–Crippen MR) is 99.8 cm³/mol. The molecule has 1 atom stereocenters. The van der Waals surface area contributed by atoms with Gasteiger partial charge in [0.2, 0.25) is 0 Å². The second-order valence-corrected chi connectivity index (χ2v) is 7.39. The first kappa shape index (κ1) is 17.5. The lowest BCUT2D eigenvalue weighted by atomic mass is 9.88. The molecule has 0 fully saturated rings. The molecule has 2 aromatic rings. The number of nitrogens with one attached hydrogen (secondary N) is 2. The van der Waals surface area contributed by atoms with Crippen LogP contribution in [-0.4, -0.2) is 26.0 Å². The smallest absolute Gasteiger partial charge is 0.260 e. The SMILES string of the molecule is CNC(=O)c1c(NC(=O)c2ccccc2OC)sc2c1CCC(C)C2. The van der Waals surface area contributed by atoms with Crippen LogP contribution in [0.3, 0.4) is 0 Å². The quantitative estimate of drug-likeness (QED) is 0.879. The normalized spacial score (nSPS) is 16.0. The van der Waals surface area contributed by atoms with Crippen LogP contribution >= 0.6 is 11.3 Å². The van der Waals surface area contributed by atoms with E-state index in [2.05, 4.69) is 17.6 Å². The van der Waals surface area contributed by atoms with Gasteiger partial charge in [-0.25, -0.2) is 0 Å². The summed E-state index contributed by atoms with van der Waals surface area (Å²) in [7, 11) is 3.15. The zero-order chi connectivity index (χ0) is 18.0. The van der Waals surface area contributed by atoms with Gasteiger partial charge in [0, 0.05) is 11.9 Å². The van der Waals surface area contributed by atoms with Crippen molar-refractivity contribution in [2.75, 3.05) is 19.5 Å². The molecule has 0 saturated heterocycles. The fourth-order valence-corrected chi connectivity index (χ4v) is 4.61. The van der Waals surface area contributed by atoms with Crippen LogP contribution in [0.15, 0.2) is 24.3 Å². The molecule has 132 valence electrons. The first-order chi connectivity index (χ1) is 12.0. The molecule has 2 N–H and O–H groups in total. The summed E-state index contributed by atoms with van der Waals surface area (Å²) in [4.78, 5) is 26.3. The highest BCUT2D eigenvalue weighted by Crippen LogP contribution is 2.40. The molecule has 3 rings (SSSR count). The average Bonchev–Trinajstić information content (AvgIpc) is 2.97. The van der Waals surface area contributed by atoms with Gasteiger partial charge >= 0.3 is 0 Å². The summed E-state index contributed by atoms with van der Waals surface area (Å²) in [5.74, 6) is 0.689. The summed E-state index contributed by atoms with van der Waals surface area (Å²) in [5.41, 5.74) is 2.14. The van der Waals surface area contributed by atoms with Crippen LogP contribution in [0.2, 0.25) is 0 Å². The minimum absolute atomic E-state index is 0.151. The van der Waals surface area contributed by atoms with Crippen molar-refractivity contribution in [3.05, 3.63) is 45.8 Å². The molecule has 1 aliphatic carbocycles. The Balaban J connectivity index is 1.97. The van der Waals surface area contributed by atoms with E-state index in [9.17, 15) is 9.59 Å². The Labute approximate surface area is 151 Å². The molecule has 0 bridgehead atoms. The number of benzene rings is 1. The summed E-state index contributed by atoms with van der Waals surface area (Å²) in [5, 5.41) is 6.24. The largest absolute Gasteiger partial charge is 0.496 e. The van der Waals surface area contributed by atoms with Crippen LogP contribution in [0.5, 0.6) is 5.75 Å². The van der Waals surface area contributed by atoms with Gasteiger partial charge in [0.1, 0.15) is 10.8 Å². The van der Waals surface area contributed by atoms with Crippen molar-refractivity contribution in [3.8, 4) is 5.75 Å². The van der Waals surface area contributed by atoms with Crippen molar-refractivity contribution in [1.82, 2.24) is 5.32 Å². The second-order valence-electron chi connectivity index (χ2n) is 6.29. The van der Waals surface area contributed by atoms with Gasteiger partial charge in [-0.3, -0.25) is 9.59 Å². The molecular formula is C19H22N2O3S. The van der Waals surface area contributed by atoms with E-state index in [1.54, 1.807) is 25.2 Å². The zero-order valence-corrected chi connectivity index (χ0v) is 15.5. The number of carbonyl (C=O) groups excluding carboxylic acids is 2. The number of hydrogen-bond donors (Lipinski definition) is 2. The summed E-state index contributed by atoms with van der Waals surface area (Å²) in [6, 6.07) is 7.06. The minimum Gasteiger partial charge on any atom is -0.496 e. The monoisotopic (exact) mass is 358 g/mol. The highest BCUT2D eigenvalue weighted by Gasteiger charge is 2.28. The van der Waals surface area contributed by atoms with Crippen LogP contribution in [-0.2, 0) is 12.8 Å². The van der Waals surface area contributed by atoms with E-state index < -0.39 is 0 Å². The van der Waals surface area contributed by atoms with Crippen LogP contribution in [0.25, 0.3) is 0 Å². The second kappa shape index (κ2) is 7.27. The maximum absolute atomic E-state index is 12.7. The fourth-order valence-electron chi connectivity index (χ4n) is 3.21. The highest BCUT2D eigenvalue weighted by atomic mass is 32.1. The lowest BCUT2D eigenvalue weighted by molar-refractivity contribution is 0.0963. The first-order valence-electron chi connectivity index (χ1n) is 8.36. The topological polar surface area (TPSA) is 67.4 Å². The van der Waals surface area contributed by atoms with E-state index in [0.717, 1.165) is 24.8 Å². The van der Waals surface area contributed by atoms with Crippen molar-refractivity contribution in [1.29, 1.82) is 0 Å². The molecule has 1 unspecified atom stereocenters. The molecule has 0 spiro atoms. The van der Waals surface area contributed by atoms with E-state index in [1.165, 1.54) is 23.3 Å². The number of fused-ring (bicyclic) bond motifs is 1. The number of methoxy groups -OCH3 is 1. The van der Waals surface area contributed by atoms with Gasteiger partial charge in [-0.05, 0) is 42.9 Å². The summed E-state index contributed by atoms with van der Waals surface area (Å²) >= 11 is 1.51. The molecule has 6 heteroatoms. The van der Waals surface area contributed by atoms with Gasteiger partial charge in [0.05, 0.1) is 18.2 Å². The van der Waals surface area contributed by atoms with Gasteiger partial charge in [-0.15, -0.1) is 11.3 Å². The van der Waals surface area contributed by atoms with Crippen LogP contribution < -0.4 is 15.4 Å². The third-order valence-electron chi connectivity index (χ3n) is 4.54. The number of carbonyl (C=O) groups is 2. The molecule has 1 aromatic heterocycles. The van der Waals surface area contributed by atoms with E-state index in [1.807, 2.05) is 6.07 Å². The molecule has 0 radical (unpaired) electrons. The van der Waals surface area contributed by atoms with Gasteiger partial charge in [0.25, 0.3) is 11.8 Å². The average molecular weight is 358 g/mol. The van der Waals surface area contributed by atoms with Crippen molar-refractivity contribution in [3.63, 3.8) is 0 Å². The summed E-state index contributed by atoms with van der Waals surface area (Å²) in [6.45, 7) is 2.22. The molecule has 0 saturated carbocycles. The zero-order valence-electron chi connectivity index (χ0n) is 14.6. The number of para-hydroxylation sites is 1. The maximum atomic E-state index is 12.7. The predicted octanol–water partition coefficient (Wildman–Crippen LogP) is 3.49. The standard InChI is InChI=1S/C19H22N2O3S/c1-11-8-9-13-15(10-11)25-19(16(13)18(23)20-2)21-17(22)12-6-4-5-7-14(12)24-3/h4-7,11H,8-10H2,1-3H3,(H,20,23)(H,21,22). The third-order valence-corrected chi connectivity index (χ3v) is 5.71. The first-order valence-corrected chi connectivity index (χ1v) is 9.17. The number of thiophene rings is 1. The van der Waals surface area contributed by atoms with Crippen molar-refractivity contribution in [2.45, 2.75) is 26.2 Å². The maximum Gasteiger partial charge on any atom is 0.260 e. The molecule has 25 heavy (non-hydrogen) atoms. The Morgan fingerprint density at radius 3 is 2.72 bits per heavy atom. The summed E-state index contributed by atoms with van der Waals surface area (Å²) < 4.78 is 5.26. The van der Waals surface area contributed by atoms with Crippen molar-refractivity contribution >= 4 is 28.2 Å². The van der Waals surface area contributed by atoms with E-state index in [4.69, 9.17) is 4.74 Å². The van der Waals surface area contributed by atoms with Gasteiger partial charge in [-0.1, -0.05) is 19.1 Å². The lowest BCUT2D eigenvalue weighted by Crippen LogP contribution is -2.22. The van der Waals surface area contributed by atoms with E-state index >= 15 is 0 Å². The minimum atomic E-state index is -0.269. The fraction of sp³-hybridized carbons (Fsp3) is 0.368. The number of amides is 2. The van der Waals surface area contributed by atoms with Gasteiger partial charge < -0.3 is 15.4 Å².